The van der Waals surface area contributed by atoms with Crippen LogP contribution in [0, 0.1) is 0 Å². The van der Waals surface area contributed by atoms with Crippen LogP contribution in [0.3, 0.4) is 0 Å². The van der Waals surface area contributed by atoms with Gasteiger partial charge in [0.2, 0.25) is 0 Å². The Balaban J connectivity index is 1.57. The van der Waals surface area contributed by atoms with Crippen molar-refractivity contribution in [1.29, 1.82) is 0 Å². The fourth-order valence-corrected chi connectivity index (χ4v) is 4.72. The van der Waals surface area contributed by atoms with Crippen LogP contribution in [-0.4, -0.2) is 43.1 Å². The lowest BCUT2D eigenvalue weighted by molar-refractivity contribution is 0.102. The number of ether oxygens (including phenoxy) is 1. The van der Waals surface area contributed by atoms with Crippen LogP contribution in [0.1, 0.15) is 29.3 Å². The molecule has 0 spiro atoms. The third kappa shape index (κ3) is 4.41. The molecule has 7 heteroatoms. The minimum atomic E-state index is -0.392. The van der Waals surface area contributed by atoms with E-state index >= 15 is 0 Å². The Kier molecular flexibility index (Phi) is 5.78. The molecule has 2 heterocycles. The van der Waals surface area contributed by atoms with Crippen LogP contribution >= 0.6 is 11.8 Å². The van der Waals surface area contributed by atoms with E-state index in [1.54, 1.807) is 11.8 Å². The number of thioether (sulfide) groups is 1. The topological polar surface area (TPSA) is 80.0 Å². The zero-order valence-electron chi connectivity index (χ0n) is 16.6. The maximum absolute atomic E-state index is 13.0. The molecule has 0 aliphatic carbocycles. The first-order valence-electron chi connectivity index (χ1n) is 9.87. The van der Waals surface area contributed by atoms with Gasteiger partial charge < -0.3 is 20.7 Å². The maximum Gasteiger partial charge on any atom is 0.255 e. The highest BCUT2D eigenvalue weighted by Crippen LogP contribution is 2.35. The Morgan fingerprint density at radius 3 is 2.79 bits per heavy atom. The Hall–Kier alpha value is -2.51. The first-order chi connectivity index (χ1) is 14.0. The van der Waals surface area contributed by atoms with Crippen molar-refractivity contribution in [3.05, 3.63) is 59.7 Å². The van der Waals surface area contributed by atoms with Gasteiger partial charge in [0.1, 0.15) is 0 Å². The molecular formula is C22H26N4O2S. The quantitative estimate of drug-likeness (QED) is 0.807. The van der Waals surface area contributed by atoms with Gasteiger partial charge in [-0.05, 0) is 43.2 Å². The van der Waals surface area contributed by atoms with Gasteiger partial charge in [-0.15, -0.1) is 0 Å². The Morgan fingerprint density at radius 1 is 1.21 bits per heavy atom. The van der Waals surface area contributed by atoms with Crippen LogP contribution in [0.15, 0.2) is 53.5 Å². The lowest BCUT2D eigenvalue weighted by Gasteiger charge is -2.31. The van der Waals surface area contributed by atoms with E-state index < -0.39 is 5.54 Å². The molecule has 6 nitrogen and oxygen atoms in total. The number of rotatable bonds is 4. The molecule has 0 saturated carbocycles. The second-order valence-electron chi connectivity index (χ2n) is 7.47. The van der Waals surface area contributed by atoms with Crippen molar-refractivity contribution in [2.24, 2.45) is 10.7 Å². The molecule has 2 aromatic rings. The van der Waals surface area contributed by atoms with E-state index in [1.165, 1.54) is 0 Å². The molecular weight excluding hydrogens is 384 g/mol. The summed E-state index contributed by atoms with van der Waals surface area (Å²) in [5.74, 6) is 0.799. The predicted octanol–water partition coefficient (Wildman–Crippen LogP) is 3.44. The number of amides is 1. The van der Waals surface area contributed by atoms with Crippen molar-refractivity contribution in [3.8, 4) is 0 Å². The summed E-state index contributed by atoms with van der Waals surface area (Å²) in [4.78, 5) is 19.9. The highest BCUT2D eigenvalue weighted by molar-refractivity contribution is 8.13. The molecule has 3 N–H and O–H groups in total. The van der Waals surface area contributed by atoms with Gasteiger partial charge in [0.15, 0.2) is 5.17 Å². The largest absolute Gasteiger partial charge is 0.379 e. The second-order valence-corrected chi connectivity index (χ2v) is 8.59. The second kappa shape index (κ2) is 8.47. The van der Waals surface area contributed by atoms with Gasteiger partial charge in [-0.25, -0.2) is 0 Å². The lowest BCUT2D eigenvalue weighted by atomic mass is 9.88. The number of hydrogen-bond donors (Lipinski definition) is 2. The van der Waals surface area contributed by atoms with Crippen LogP contribution in [0.4, 0.5) is 11.4 Å². The number of carbonyl (C=O) groups excluding carboxylic acids is 1. The molecule has 2 aliphatic rings. The summed E-state index contributed by atoms with van der Waals surface area (Å²) in [6.45, 7) is 5.11. The van der Waals surface area contributed by atoms with Gasteiger partial charge in [0.25, 0.3) is 5.91 Å². The normalized spacial score (nSPS) is 22.1. The first kappa shape index (κ1) is 19.8. The van der Waals surface area contributed by atoms with E-state index in [1.807, 2.05) is 48.5 Å². The molecule has 1 amide bonds. The predicted molar refractivity (Wildman–Crippen MR) is 120 cm³/mol. The summed E-state index contributed by atoms with van der Waals surface area (Å²) in [6.07, 6.45) is 0.892. The zero-order chi connectivity index (χ0) is 20.3. The van der Waals surface area contributed by atoms with Gasteiger partial charge in [0.05, 0.1) is 30.1 Å². The molecule has 1 atom stereocenters. The van der Waals surface area contributed by atoms with Crippen molar-refractivity contribution in [2.75, 3.05) is 42.3 Å². The van der Waals surface area contributed by atoms with Crippen LogP contribution in [0.5, 0.6) is 0 Å². The maximum atomic E-state index is 13.0. The fourth-order valence-electron chi connectivity index (χ4n) is 3.74. The third-order valence-corrected chi connectivity index (χ3v) is 6.24. The van der Waals surface area contributed by atoms with Gasteiger partial charge in [-0.3, -0.25) is 9.79 Å². The van der Waals surface area contributed by atoms with E-state index in [4.69, 9.17) is 10.5 Å². The molecule has 1 unspecified atom stereocenters. The number of aliphatic imine (C=N–C) groups is 1. The van der Waals surface area contributed by atoms with Crippen molar-refractivity contribution in [3.63, 3.8) is 0 Å². The summed E-state index contributed by atoms with van der Waals surface area (Å²) in [7, 11) is 0. The average molecular weight is 411 g/mol. The van der Waals surface area contributed by atoms with Crippen molar-refractivity contribution < 1.29 is 9.53 Å². The Labute approximate surface area is 175 Å². The third-order valence-electron chi connectivity index (χ3n) is 5.45. The van der Waals surface area contributed by atoms with Gasteiger partial charge in [0, 0.05) is 24.4 Å². The molecule has 1 fully saturated rings. The van der Waals surface area contributed by atoms with Crippen LogP contribution in [0.2, 0.25) is 0 Å². The number of benzene rings is 2. The monoisotopic (exact) mass is 410 g/mol. The standard InChI is InChI=1S/C22H26N4O2S/c1-22(9-14-29-21(23)25-22)17-6-4-5-16(15-17)20(27)24-18-7-2-3-8-19(18)26-10-12-28-13-11-26/h2-8,15H,9-14H2,1H3,(H2,23,25)(H,24,27). The van der Waals surface area contributed by atoms with Gasteiger partial charge in [-0.1, -0.05) is 36.0 Å². The molecule has 0 radical (unpaired) electrons. The Bertz CT molecular complexity index is 927. The number of carbonyl (C=O) groups is 1. The molecule has 29 heavy (non-hydrogen) atoms. The fraction of sp³-hybridized carbons (Fsp3) is 0.364. The van der Waals surface area contributed by atoms with Crippen molar-refractivity contribution in [1.82, 2.24) is 0 Å². The van der Waals surface area contributed by atoms with E-state index in [-0.39, 0.29) is 5.91 Å². The van der Waals surface area contributed by atoms with Crippen LogP contribution < -0.4 is 16.0 Å². The SMILES string of the molecule is CC1(c2cccc(C(=O)Nc3ccccc3N3CCOCC3)c2)CCSC(N)=N1. The molecule has 2 aliphatic heterocycles. The van der Waals surface area contributed by atoms with E-state index in [0.29, 0.717) is 23.9 Å². The Morgan fingerprint density at radius 2 is 2.00 bits per heavy atom. The van der Waals surface area contributed by atoms with Crippen molar-refractivity contribution in [2.45, 2.75) is 18.9 Å². The number of para-hydroxylation sites is 2. The average Bonchev–Trinajstić information content (AvgIpc) is 2.75. The molecule has 0 bridgehead atoms. The number of anilines is 2. The summed E-state index contributed by atoms with van der Waals surface area (Å²) in [5, 5.41) is 3.69. The number of hydrogen-bond acceptors (Lipinski definition) is 6. The van der Waals surface area contributed by atoms with Crippen molar-refractivity contribution >= 4 is 34.2 Å². The summed E-state index contributed by atoms with van der Waals surface area (Å²) in [6, 6.07) is 15.6. The smallest absolute Gasteiger partial charge is 0.255 e. The summed E-state index contributed by atoms with van der Waals surface area (Å²) in [5.41, 5.74) is 9.03. The van der Waals surface area contributed by atoms with Crippen LogP contribution in [-0.2, 0) is 10.3 Å². The first-order valence-corrected chi connectivity index (χ1v) is 10.9. The highest BCUT2D eigenvalue weighted by atomic mass is 32.2. The van der Waals surface area contributed by atoms with Crippen LogP contribution in [0.25, 0.3) is 0 Å². The molecule has 0 aromatic heterocycles. The minimum Gasteiger partial charge on any atom is -0.379 e. The van der Waals surface area contributed by atoms with E-state index in [0.717, 1.165) is 42.2 Å². The molecule has 4 rings (SSSR count). The number of nitrogens with one attached hydrogen (secondary N) is 1. The number of nitrogens with zero attached hydrogens (tertiary/aromatic N) is 2. The number of morpholine rings is 1. The number of amidine groups is 1. The summed E-state index contributed by atoms with van der Waals surface area (Å²) >= 11 is 1.58. The zero-order valence-corrected chi connectivity index (χ0v) is 17.4. The van der Waals surface area contributed by atoms with Gasteiger partial charge in [-0.2, -0.15) is 0 Å². The molecule has 2 aromatic carbocycles. The summed E-state index contributed by atoms with van der Waals surface area (Å²) < 4.78 is 5.45. The highest BCUT2D eigenvalue weighted by Gasteiger charge is 2.30. The minimum absolute atomic E-state index is 0.127. The van der Waals surface area contributed by atoms with Gasteiger partial charge >= 0.3 is 0 Å². The lowest BCUT2D eigenvalue weighted by Crippen LogP contribution is -2.36. The van der Waals surface area contributed by atoms with E-state index in [2.05, 4.69) is 22.1 Å². The molecule has 152 valence electrons. The molecule has 1 saturated heterocycles. The number of nitrogens with two attached hydrogens (primary N) is 1. The van der Waals surface area contributed by atoms with E-state index in [9.17, 15) is 4.79 Å².